The minimum atomic E-state index is -0.410. The average Bonchev–Trinajstić information content (AvgIpc) is 3.03. The third kappa shape index (κ3) is 4.42. The van der Waals surface area contributed by atoms with E-state index in [2.05, 4.69) is 22.4 Å². The van der Waals surface area contributed by atoms with Gasteiger partial charge in [0.05, 0.1) is 16.8 Å². The predicted octanol–water partition coefficient (Wildman–Crippen LogP) is 2.42. The lowest BCUT2D eigenvalue weighted by Gasteiger charge is -2.06. The van der Waals surface area contributed by atoms with Crippen LogP contribution in [-0.4, -0.2) is 28.2 Å². The molecule has 0 amide bonds. The lowest BCUT2D eigenvalue weighted by atomic mass is 10.2. The number of hydrazone groups is 1. The van der Waals surface area contributed by atoms with Crippen molar-refractivity contribution in [2.24, 2.45) is 15.8 Å². The van der Waals surface area contributed by atoms with Crippen LogP contribution in [0, 0.1) is 10.1 Å². The molecule has 1 aromatic heterocycles. The van der Waals surface area contributed by atoms with E-state index in [9.17, 15) is 10.1 Å². The number of nitrogens with one attached hydrogen (secondary N) is 1. The van der Waals surface area contributed by atoms with Crippen LogP contribution in [0.2, 0.25) is 0 Å². The predicted molar refractivity (Wildman–Crippen MR) is 94.6 cm³/mol. The number of rotatable bonds is 7. The van der Waals surface area contributed by atoms with Gasteiger partial charge in [0.1, 0.15) is 5.69 Å². The van der Waals surface area contributed by atoms with E-state index in [1.165, 1.54) is 6.07 Å². The smallest absolute Gasteiger partial charge is 0.293 e. The SMILES string of the molecule is CCCCN=C(N)N/N=C/c1cccn1-c1ccccc1[N+](=O)[O-]. The molecule has 0 unspecified atom stereocenters. The number of nitrogens with two attached hydrogens (primary N) is 1. The highest BCUT2D eigenvalue weighted by molar-refractivity contribution is 5.82. The summed E-state index contributed by atoms with van der Waals surface area (Å²) in [4.78, 5) is 14.9. The van der Waals surface area contributed by atoms with Crippen LogP contribution in [0.15, 0.2) is 52.7 Å². The van der Waals surface area contributed by atoms with Crippen molar-refractivity contribution >= 4 is 17.9 Å². The molecule has 0 aliphatic carbocycles. The van der Waals surface area contributed by atoms with Gasteiger partial charge in [0.15, 0.2) is 0 Å². The summed E-state index contributed by atoms with van der Waals surface area (Å²) in [6.45, 7) is 2.73. The highest BCUT2D eigenvalue weighted by Crippen LogP contribution is 2.23. The van der Waals surface area contributed by atoms with Gasteiger partial charge in [-0.05, 0) is 24.6 Å². The summed E-state index contributed by atoms with van der Waals surface area (Å²) >= 11 is 0. The number of nitrogens with zero attached hydrogens (tertiary/aromatic N) is 4. The van der Waals surface area contributed by atoms with Crippen LogP contribution in [0.5, 0.6) is 0 Å². The van der Waals surface area contributed by atoms with Crippen LogP contribution in [0.4, 0.5) is 5.69 Å². The summed E-state index contributed by atoms with van der Waals surface area (Å²) in [7, 11) is 0. The van der Waals surface area contributed by atoms with Gasteiger partial charge in [0.2, 0.25) is 5.96 Å². The molecular formula is C16H20N6O2. The molecule has 24 heavy (non-hydrogen) atoms. The van der Waals surface area contributed by atoms with Crippen LogP contribution in [0.1, 0.15) is 25.5 Å². The van der Waals surface area contributed by atoms with Crippen LogP contribution in [0.25, 0.3) is 5.69 Å². The quantitative estimate of drug-likeness (QED) is 0.267. The number of para-hydroxylation sites is 2. The topological polar surface area (TPSA) is 111 Å². The van der Waals surface area contributed by atoms with Crippen molar-refractivity contribution in [3.05, 3.63) is 58.4 Å². The molecule has 126 valence electrons. The Balaban J connectivity index is 2.15. The van der Waals surface area contributed by atoms with Crippen molar-refractivity contribution in [1.82, 2.24) is 9.99 Å². The molecule has 1 heterocycles. The van der Waals surface area contributed by atoms with Crippen molar-refractivity contribution in [2.75, 3.05) is 6.54 Å². The van der Waals surface area contributed by atoms with Gasteiger partial charge in [-0.2, -0.15) is 5.10 Å². The van der Waals surface area contributed by atoms with Gasteiger partial charge in [-0.1, -0.05) is 25.5 Å². The number of nitro groups is 1. The Hall–Kier alpha value is -3.16. The molecule has 2 rings (SSSR count). The average molecular weight is 328 g/mol. The first-order valence-corrected chi connectivity index (χ1v) is 7.63. The molecule has 0 atom stereocenters. The second-order valence-corrected chi connectivity index (χ2v) is 5.04. The maximum Gasteiger partial charge on any atom is 0.293 e. The monoisotopic (exact) mass is 328 g/mol. The maximum atomic E-state index is 11.2. The van der Waals surface area contributed by atoms with E-state index in [1.54, 1.807) is 47.3 Å². The number of guanidine groups is 1. The number of hydrogen-bond acceptors (Lipinski definition) is 4. The Morgan fingerprint density at radius 2 is 2.17 bits per heavy atom. The van der Waals surface area contributed by atoms with Gasteiger partial charge in [-0.3, -0.25) is 15.1 Å². The fourth-order valence-electron chi connectivity index (χ4n) is 2.10. The summed E-state index contributed by atoms with van der Waals surface area (Å²) < 4.78 is 1.69. The zero-order chi connectivity index (χ0) is 17.4. The third-order valence-electron chi connectivity index (χ3n) is 3.29. The van der Waals surface area contributed by atoms with Gasteiger partial charge in [-0.25, -0.2) is 5.43 Å². The largest absolute Gasteiger partial charge is 0.369 e. The van der Waals surface area contributed by atoms with E-state index in [0.29, 0.717) is 17.9 Å². The number of nitro benzene ring substituents is 1. The number of unbranched alkanes of at least 4 members (excludes halogenated alkanes) is 1. The van der Waals surface area contributed by atoms with Crippen molar-refractivity contribution in [3.63, 3.8) is 0 Å². The van der Waals surface area contributed by atoms with Gasteiger partial charge >= 0.3 is 0 Å². The number of aliphatic imine (C=N–C) groups is 1. The Morgan fingerprint density at radius 1 is 1.38 bits per heavy atom. The zero-order valence-corrected chi connectivity index (χ0v) is 13.4. The molecule has 3 N–H and O–H groups in total. The van der Waals surface area contributed by atoms with E-state index < -0.39 is 4.92 Å². The molecule has 0 spiro atoms. The lowest BCUT2D eigenvalue weighted by molar-refractivity contribution is -0.384. The van der Waals surface area contributed by atoms with E-state index in [1.807, 2.05) is 0 Å². The third-order valence-corrected chi connectivity index (χ3v) is 3.29. The fraction of sp³-hybridized carbons (Fsp3) is 0.250. The first kappa shape index (κ1) is 17.2. The summed E-state index contributed by atoms with van der Waals surface area (Å²) in [5.41, 5.74) is 9.52. The van der Waals surface area contributed by atoms with Crippen LogP contribution >= 0.6 is 0 Å². The maximum absolute atomic E-state index is 11.2. The molecule has 1 aromatic carbocycles. The number of hydrogen-bond donors (Lipinski definition) is 2. The molecule has 2 aromatic rings. The highest BCUT2D eigenvalue weighted by Gasteiger charge is 2.15. The molecule has 0 aliphatic rings. The Labute approximate surface area is 139 Å². The molecule has 0 saturated heterocycles. The molecule has 0 bridgehead atoms. The van der Waals surface area contributed by atoms with Crippen LogP contribution in [0.3, 0.4) is 0 Å². The minimum absolute atomic E-state index is 0.0250. The summed E-state index contributed by atoms with van der Waals surface area (Å²) in [6.07, 6.45) is 5.29. The molecule has 8 heteroatoms. The van der Waals surface area contributed by atoms with Gasteiger partial charge in [0, 0.05) is 18.8 Å². The molecule has 0 fully saturated rings. The summed E-state index contributed by atoms with van der Waals surface area (Å²) in [6, 6.07) is 10.1. The molecule has 0 saturated carbocycles. The highest BCUT2D eigenvalue weighted by atomic mass is 16.6. The molecule has 0 radical (unpaired) electrons. The molecule has 0 aliphatic heterocycles. The minimum Gasteiger partial charge on any atom is -0.369 e. The van der Waals surface area contributed by atoms with Gasteiger partial charge in [0.25, 0.3) is 5.69 Å². The van der Waals surface area contributed by atoms with E-state index >= 15 is 0 Å². The fourth-order valence-corrected chi connectivity index (χ4v) is 2.10. The Morgan fingerprint density at radius 3 is 2.92 bits per heavy atom. The van der Waals surface area contributed by atoms with Crippen LogP contribution < -0.4 is 11.2 Å². The van der Waals surface area contributed by atoms with E-state index in [4.69, 9.17) is 5.73 Å². The number of aromatic nitrogens is 1. The lowest BCUT2D eigenvalue weighted by Crippen LogP contribution is -2.27. The normalized spacial score (nSPS) is 11.8. The second kappa shape index (κ2) is 8.47. The first-order valence-electron chi connectivity index (χ1n) is 7.63. The first-order chi connectivity index (χ1) is 11.6. The Bertz CT molecular complexity index is 751. The van der Waals surface area contributed by atoms with Crippen molar-refractivity contribution in [3.8, 4) is 5.69 Å². The van der Waals surface area contributed by atoms with Crippen molar-refractivity contribution in [1.29, 1.82) is 0 Å². The molecular weight excluding hydrogens is 308 g/mol. The van der Waals surface area contributed by atoms with E-state index in [0.717, 1.165) is 12.8 Å². The molecule has 8 nitrogen and oxygen atoms in total. The standard InChI is InChI=1S/C16H20N6O2/c1-2-3-10-18-16(17)20-19-12-13-7-6-11-21(13)14-8-4-5-9-15(14)22(23)24/h4-9,11-12H,2-3,10H2,1H3,(H3,17,18,20)/b19-12+. The van der Waals surface area contributed by atoms with Crippen molar-refractivity contribution < 1.29 is 4.92 Å². The van der Waals surface area contributed by atoms with E-state index in [-0.39, 0.29) is 11.6 Å². The van der Waals surface area contributed by atoms with Gasteiger partial charge in [-0.15, -0.1) is 0 Å². The van der Waals surface area contributed by atoms with Gasteiger partial charge < -0.3 is 10.3 Å². The Kier molecular flexibility index (Phi) is 6.07. The van der Waals surface area contributed by atoms with Crippen LogP contribution in [-0.2, 0) is 0 Å². The number of benzene rings is 1. The second-order valence-electron chi connectivity index (χ2n) is 5.04. The summed E-state index contributed by atoms with van der Waals surface area (Å²) in [5.74, 6) is 0.239. The van der Waals surface area contributed by atoms with Crippen molar-refractivity contribution in [2.45, 2.75) is 19.8 Å². The zero-order valence-electron chi connectivity index (χ0n) is 13.4. The summed E-state index contributed by atoms with van der Waals surface area (Å²) in [5, 5.41) is 15.2.